The van der Waals surface area contributed by atoms with Crippen LogP contribution < -0.4 is 5.32 Å². The van der Waals surface area contributed by atoms with Crippen molar-refractivity contribution in [3.8, 4) is 11.3 Å². The molecule has 0 aliphatic carbocycles. The third-order valence-corrected chi connectivity index (χ3v) is 5.15. The first-order valence-electron chi connectivity index (χ1n) is 8.85. The van der Waals surface area contributed by atoms with Gasteiger partial charge in [-0.2, -0.15) is 0 Å². The molecule has 4 aromatic rings. The molecule has 29 heavy (non-hydrogen) atoms. The van der Waals surface area contributed by atoms with Crippen molar-refractivity contribution in [2.24, 2.45) is 0 Å². The Morgan fingerprint density at radius 3 is 2.79 bits per heavy atom. The first-order chi connectivity index (χ1) is 14.0. The molecule has 0 unspecified atom stereocenters. The molecule has 0 radical (unpaired) electrons. The highest BCUT2D eigenvalue weighted by molar-refractivity contribution is 7.15. The number of amides is 1. The van der Waals surface area contributed by atoms with E-state index in [4.69, 9.17) is 0 Å². The number of aryl methyl sites for hydroxylation is 1. The molecule has 8 heteroatoms. The van der Waals surface area contributed by atoms with Crippen molar-refractivity contribution in [1.82, 2.24) is 15.0 Å². The zero-order valence-corrected chi connectivity index (χ0v) is 16.2. The number of carbonyl (C=O) groups excluding carboxylic acids is 1. The lowest BCUT2D eigenvalue weighted by molar-refractivity contribution is -0.115. The Hall–Kier alpha value is -3.26. The maximum Gasteiger partial charge on any atom is 0.280 e. The van der Waals surface area contributed by atoms with Crippen LogP contribution in [-0.4, -0.2) is 20.9 Å². The van der Waals surface area contributed by atoms with Gasteiger partial charge in [0.25, 0.3) is 6.43 Å². The van der Waals surface area contributed by atoms with Gasteiger partial charge in [0, 0.05) is 28.2 Å². The number of nitrogens with zero attached hydrogens (tertiary/aromatic N) is 3. The van der Waals surface area contributed by atoms with Gasteiger partial charge < -0.3 is 5.32 Å². The van der Waals surface area contributed by atoms with Gasteiger partial charge in [0.1, 0.15) is 5.69 Å². The molecule has 3 aromatic heterocycles. The van der Waals surface area contributed by atoms with Crippen LogP contribution in [0.3, 0.4) is 0 Å². The van der Waals surface area contributed by atoms with Crippen molar-refractivity contribution in [3.05, 3.63) is 71.0 Å². The molecular formula is C21H16F2N4OS. The summed E-state index contributed by atoms with van der Waals surface area (Å²) in [6, 6.07) is 12.2. The van der Waals surface area contributed by atoms with Crippen molar-refractivity contribution < 1.29 is 13.6 Å². The SMILES string of the molecule is Cc1cnc(NC(=O)Cc2cccc3ccc(-c4ccnc(C(F)F)c4)nc23)s1. The van der Waals surface area contributed by atoms with Gasteiger partial charge in [-0.25, -0.2) is 18.7 Å². The van der Waals surface area contributed by atoms with E-state index in [1.54, 1.807) is 18.3 Å². The number of halogens is 2. The lowest BCUT2D eigenvalue weighted by Gasteiger charge is -2.09. The molecule has 146 valence electrons. The number of rotatable bonds is 5. The molecule has 1 N–H and O–H groups in total. The van der Waals surface area contributed by atoms with Crippen LogP contribution >= 0.6 is 11.3 Å². The average molecular weight is 410 g/mol. The lowest BCUT2D eigenvalue weighted by atomic mass is 10.0. The van der Waals surface area contributed by atoms with E-state index in [9.17, 15) is 13.6 Å². The van der Waals surface area contributed by atoms with Crippen molar-refractivity contribution in [1.29, 1.82) is 0 Å². The molecule has 0 aliphatic rings. The number of pyridine rings is 2. The van der Waals surface area contributed by atoms with Crippen molar-refractivity contribution in [3.63, 3.8) is 0 Å². The Kier molecular flexibility index (Phi) is 5.26. The number of anilines is 1. The minimum Gasteiger partial charge on any atom is -0.302 e. The highest BCUT2D eigenvalue weighted by Crippen LogP contribution is 2.26. The minimum absolute atomic E-state index is 0.130. The Bertz CT molecular complexity index is 1190. The zero-order chi connectivity index (χ0) is 20.4. The van der Waals surface area contributed by atoms with Crippen LogP contribution in [0, 0.1) is 6.92 Å². The smallest absolute Gasteiger partial charge is 0.280 e. The Labute approximate surface area is 169 Å². The predicted molar refractivity (Wildman–Crippen MR) is 109 cm³/mol. The molecule has 0 bridgehead atoms. The second kappa shape index (κ2) is 8.00. The fourth-order valence-corrected chi connectivity index (χ4v) is 3.67. The summed E-state index contributed by atoms with van der Waals surface area (Å²) >= 11 is 1.41. The van der Waals surface area contributed by atoms with Crippen LogP contribution in [0.1, 0.15) is 22.6 Å². The summed E-state index contributed by atoms with van der Waals surface area (Å²) in [6.07, 6.45) is 0.529. The number of benzene rings is 1. The van der Waals surface area contributed by atoms with Crippen molar-refractivity contribution in [2.75, 3.05) is 5.32 Å². The summed E-state index contributed by atoms with van der Waals surface area (Å²) in [5.74, 6) is -0.192. The van der Waals surface area contributed by atoms with Crippen LogP contribution in [0.4, 0.5) is 13.9 Å². The number of carbonyl (C=O) groups is 1. The van der Waals surface area contributed by atoms with Gasteiger partial charge in [-0.3, -0.25) is 9.78 Å². The second-order valence-corrected chi connectivity index (χ2v) is 7.69. The molecule has 3 heterocycles. The standard InChI is InChI=1S/C21H16F2N4OS/c1-12-11-25-21(29-12)27-18(28)10-15-4-2-3-13-5-6-16(26-19(13)15)14-7-8-24-17(9-14)20(22)23/h2-9,11,20H,10H2,1H3,(H,25,27,28). The normalized spacial score (nSPS) is 11.2. The van der Waals surface area contributed by atoms with E-state index in [0.717, 1.165) is 15.8 Å². The number of hydrogen-bond acceptors (Lipinski definition) is 5. The van der Waals surface area contributed by atoms with Gasteiger partial charge in [0.15, 0.2) is 5.13 Å². The third-order valence-electron chi connectivity index (χ3n) is 4.32. The molecule has 1 amide bonds. The number of alkyl halides is 2. The largest absolute Gasteiger partial charge is 0.302 e. The van der Waals surface area contributed by atoms with E-state index >= 15 is 0 Å². The summed E-state index contributed by atoms with van der Waals surface area (Å²) in [5, 5.41) is 4.21. The molecule has 5 nitrogen and oxygen atoms in total. The number of nitrogens with one attached hydrogen (secondary N) is 1. The molecular weight excluding hydrogens is 394 g/mol. The van der Waals surface area contributed by atoms with E-state index in [1.165, 1.54) is 23.6 Å². The number of aromatic nitrogens is 3. The molecule has 0 atom stereocenters. The van der Waals surface area contributed by atoms with Gasteiger partial charge in [0.2, 0.25) is 5.91 Å². The predicted octanol–water partition coefficient (Wildman–Crippen LogP) is 5.18. The first-order valence-corrected chi connectivity index (χ1v) is 9.66. The molecule has 0 saturated heterocycles. The van der Waals surface area contributed by atoms with E-state index in [2.05, 4.69) is 20.3 Å². The summed E-state index contributed by atoms with van der Waals surface area (Å²) in [6.45, 7) is 1.92. The molecule has 0 fully saturated rings. The number of fused-ring (bicyclic) bond motifs is 1. The van der Waals surface area contributed by atoms with Gasteiger partial charge in [0.05, 0.1) is 17.6 Å². The maximum absolute atomic E-state index is 13.0. The Morgan fingerprint density at radius 1 is 1.17 bits per heavy atom. The number of para-hydroxylation sites is 1. The highest BCUT2D eigenvalue weighted by atomic mass is 32.1. The van der Waals surface area contributed by atoms with Crippen molar-refractivity contribution in [2.45, 2.75) is 19.8 Å². The Balaban J connectivity index is 1.65. The van der Waals surface area contributed by atoms with Crippen LogP contribution in [0.15, 0.2) is 54.9 Å². The first kappa shape index (κ1) is 19.1. The summed E-state index contributed by atoms with van der Waals surface area (Å²) in [5.41, 5.74) is 2.21. The molecule has 4 rings (SSSR count). The molecule has 0 saturated carbocycles. The highest BCUT2D eigenvalue weighted by Gasteiger charge is 2.13. The third kappa shape index (κ3) is 4.27. The minimum atomic E-state index is -2.65. The van der Waals surface area contributed by atoms with Gasteiger partial charge in [-0.05, 0) is 30.7 Å². The zero-order valence-electron chi connectivity index (χ0n) is 15.4. The summed E-state index contributed by atoms with van der Waals surface area (Å²) in [7, 11) is 0. The van der Waals surface area contributed by atoms with Crippen LogP contribution in [0.2, 0.25) is 0 Å². The lowest BCUT2D eigenvalue weighted by Crippen LogP contribution is -2.14. The average Bonchev–Trinajstić information content (AvgIpc) is 3.12. The summed E-state index contributed by atoms with van der Waals surface area (Å²) < 4.78 is 25.9. The van der Waals surface area contributed by atoms with E-state index in [-0.39, 0.29) is 18.0 Å². The Morgan fingerprint density at radius 2 is 2.03 bits per heavy atom. The van der Waals surface area contributed by atoms with E-state index < -0.39 is 6.43 Å². The fraction of sp³-hybridized carbons (Fsp3) is 0.143. The van der Waals surface area contributed by atoms with E-state index in [1.807, 2.05) is 31.2 Å². The van der Waals surface area contributed by atoms with E-state index in [0.29, 0.717) is 21.9 Å². The van der Waals surface area contributed by atoms with Gasteiger partial charge >= 0.3 is 0 Å². The van der Waals surface area contributed by atoms with Crippen LogP contribution in [-0.2, 0) is 11.2 Å². The van der Waals surface area contributed by atoms with Crippen LogP contribution in [0.5, 0.6) is 0 Å². The van der Waals surface area contributed by atoms with Crippen molar-refractivity contribution >= 4 is 33.3 Å². The fourth-order valence-electron chi connectivity index (χ4n) is 2.99. The number of thiazole rings is 1. The molecule has 0 aliphatic heterocycles. The van der Waals surface area contributed by atoms with Gasteiger partial charge in [-0.15, -0.1) is 11.3 Å². The monoisotopic (exact) mass is 410 g/mol. The quantitative estimate of drug-likeness (QED) is 0.492. The van der Waals surface area contributed by atoms with Gasteiger partial charge in [-0.1, -0.05) is 24.3 Å². The second-order valence-electron chi connectivity index (χ2n) is 6.46. The van der Waals surface area contributed by atoms with Crippen LogP contribution in [0.25, 0.3) is 22.2 Å². The molecule has 0 spiro atoms. The topological polar surface area (TPSA) is 67.8 Å². The number of hydrogen-bond donors (Lipinski definition) is 1. The molecule has 1 aromatic carbocycles. The maximum atomic E-state index is 13.0. The summed E-state index contributed by atoms with van der Waals surface area (Å²) in [4.78, 5) is 25.9.